The van der Waals surface area contributed by atoms with E-state index < -0.39 is 86.6 Å². The number of hydrogen-bond acceptors (Lipinski definition) is 13. The predicted octanol–water partition coefficient (Wildman–Crippen LogP) is 3.55. The van der Waals surface area contributed by atoms with Crippen molar-refractivity contribution >= 4 is 11.9 Å². The van der Waals surface area contributed by atoms with Crippen LogP contribution in [0, 0.1) is 0 Å². The Bertz CT molecular complexity index is 808. The van der Waals surface area contributed by atoms with Gasteiger partial charge in [0.1, 0.15) is 62.0 Å². The van der Waals surface area contributed by atoms with Crippen LogP contribution in [0.2, 0.25) is 0 Å². The second-order valence-electron chi connectivity index (χ2n) is 13.7. The molecule has 6 N–H and O–H groups in total. The van der Waals surface area contributed by atoms with E-state index in [1.54, 1.807) is 0 Å². The number of esters is 2. The Labute approximate surface area is 292 Å². The minimum Gasteiger partial charge on any atom is -0.463 e. The van der Waals surface area contributed by atoms with E-state index in [0.717, 1.165) is 38.5 Å². The molecule has 0 aromatic heterocycles. The normalized spacial score (nSPS) is 30.3. The Kier molecular flexibility index (Phi) is 22.8. The topological polar surface area (TPSA) is 202 Å². The fourth-order valence-electron chi connectivity index (χ4n) is 6.12. The first-order valence-electron chi connectivity index (χ1n) is 19.0. The van der Waals surface area contributed by atoms with Gasteiger partial charge < -0.3 is 54.3 Å². The lowest BCUT2D eigenvalue weighted by Crippen LogP contribution is -2.64. The predicted molar refractivity (Wildman–Crippen MR) is 180 cm³/mol. The Morgan fingerprint density at radius 1 is 0.449 bits per heavy atom. The van der Waals surface area contributed by atoms with Gasteiger partial charge in [-0.2, -0.15) is 0 Å². The summed E-state index contributed by atoms with van der Waals surface area (Å²) in [5.74, 6) is -0.981. The molecule has 2 heterocycles. The quantitative estimate of drug-likeness (QED) is 0.0564. The molecule has 2 fully saturated rings. The molecule has 2 aliphatic heterocycles. The van der Waals surface area contributed by atoms with Crippen molar-refractivity contribution in [3.63, 3.8) is 0 Å². The molecule has 0 spiro atoms. The highest BCUT2D eigenvalue weighted by Gasteiger charge is 2.50. The number of aliphatic hydroxyl groups excluding tert-OH is 6. The average Bonchev–Trinajstić information content (AvgIpc) is 3.09. The molecule has 2 aliphatic rings. The van der Waals surface area contributed by atoms with Gasteiger partial charge in [-0.1, -0.05) is 117 Å². The van der Waals surface area contributed by atoms with Gasteiger partial charge in [0.25, 0.3) is 0 Å². The van der Waals surface area contributed by atoms with Crippen molar-refractivity contribution in [2.75, 3.05) is 13.2 Å². The zero-order valence-corrected chi connectivity index (χ0v) is 29.9. The van der Waals surface area contributed by atoms with E-state index in [-0.39, 0.29) is 12.8 Å². The summed E-state index contributed by atoms with van der Waals surface area (Å²) in [5, 5.41) is 62.8. The van der Waals surface area contributed by atoms with Crippen LogP contribution in [0.15, 0.2) is 0 Å². The molecule has 0 amide bonds. The van der Waals surface area contributed by atoms with Gasteiger partial charge in [-0.05, 0) is 12.8 Å². The van der Waals surface area contributed by atoms with Gasteiger partial charge in [0.15, 0.2) is 12.6 Å². The SMILES string of the molecule is CCCCCCCCCCCC(=O)OC[C@H]1O[C@H](O[C@H]2O[C@H](COC(=O)CCCCCCCCCCC)[C@@H](O)[C@H](O)[C@H]2O)[C@H](O)[C@@H](O)[C@@H]1O. The molecule has 13 heteroatoms. The van der Waals surface area contributed by atoms with Crippen molar-refractivity contribution < 1.29 is 63.9 Å². The largest absolute Gasteiger partial charge is 0.463 e. The molecule has 49 heavy (non-hydrogen) atoms. The fraction of sp³-hybridized carbons (Fsp3) is 0.944. The fourth-order valence-corrected chi connectivity index (χ4v) is 6.12. The Morgan fingerprint density at radius 3 is 1.08 bits per heavy atom. The minimum absolute atomic E-state index is 0.192. The van der Waals surface area contributed by atoms with Crippen molar-refractivity contribution in [2.24, 2.45) is 0 Å². The number of rotatable bonds is 26. The summed E-state index contributed by atoms with van der Waals surface area (Å²) in [7, 11) is 0. The van der Waals surface area contributed by atoms with E-state index in [4.69, 9.17) is 23.7 Å². The first-order valence-corrected chi connectivity index (χ1v) is 19.0. The van der Waals surface area contributed by atoms with Crippen LogP contribution in [0.1, 0.15) is 142 Å². The van der Waals surface area contributed by atoms with Crippen LogP contribution < -0.4 is 0 Å². The third kappa shape index (κ3) is 16.6. The molecule has 0 aliphatic carbocycles. The molecule has 0 saturated carbocycles. The van der Waals surface area contributed by atoms with Crippen LogP contribution in [0.4, 0.5) is 0 Å². The molecule has 0 aromatic carbocycles. The Balaban J connectivity index is 1.76. The first kappa shape index (κ1) is 43.7. The lowest BCUT2D eigenvalue weighted by Gasteiger charge is -2.44. The molecule has 13 nitrogen and oxygen atoms in total. The van der Waals surface area contributed by atoms with E-state index in [1.165, 1.54) is 64.2 Å². The zero-order chi connectivity index (χ0) is 36.0. The summed E-state index contributed by atoms with van der Waals surface area (Å²) in [6.07, 6.45) is 3.92. The molecule has 0 radical (unpaired) electrons. The van der Waals surface area contributed by atoms with Gasteiger partial charge in [-0.3, -0.25) is 9.59 Å². The smallest absolute Gasteiger partial charge is 0.305 e. The molecule has 0 unspecified atom stereocenters. The van der Waals surface area contributed by atoms with E-state index in [1.807, 2.05) is 0 Å². The molecular formula is C36H66O13. The third-order valence-corrected chi connectivity index (χ3v) is 9.39. The number of carbonyl (C=O) groups is 2. The highest BCUT2D eigenvalue weighted by Crippen LogP contribution is 2.29. The van der Waals surface area contributed by atoms with Crippen LogP contribution in [-0.2, 0) is 33.3 Å². The second kappa shape index (κ2) is 25.5. The summed E-state index contributed by atoms with van der Waals surface area (Å²) in [6.45, 7) is 3.53. The standard InChI is InChI=1S/C36H66O13/c1-3-5-7-9-11-13-15-17-19-21-27(37)45-23-25-29(39)31(41)33(43)35(47-25)49-36-34(44)32(42)30(40)26(48-36)24-46-28(38)22-20-18-16-14-12-10-8-6-4-2/h25-26,29-36,39-44H,3-24H2,1-2H3/t25-,26-,29-,30-,31+,32+,33-,34-,35-,36-/m1/s1. The van der Waals surface area contributed by atoms with E-state index in [2.05, 4.69) is 13.8 Å². The van der Waals surface area contributed by atoms with Gasteiger partial charge in [0.05, 0.1) is 0 Å². The van der Waals surface area contributed by atoms with Crippen molar-refractivity contribution in [3.05, 3.63) is 0 Å². The van der Waals surface area contributed by atoms with Gasteiger partial charge in [0, 0.05) is 12.8 Å². The maximum absolute atomic E-state index is 12.3. The lowest BCUT2D eigenvalue weighted by molar-refractivity contribution is -0.376. The van der Waals surface area contributed by atoms with Crippen LogP contribution >= 0.6 is 0 Å². The van der Waals surface area contributed by atoms with Crippen molar-refractivity contribution in [3.8, 4) is 0 Å². The van der Waals surface area contributed by atoms with Gasteiger partial charge >= 0.3 is 11.9 Å². The van der Waals surface area contributed by atoms with Crippen LogP contribution in [0.3, 0.4) is 0 Å². The molecule has 10 atom stereocenters. The second-order valence-corrected chi connectivity index (χ2v) is 13.7. The molecule has 0 bridgehead atoms. The summed E-state index contributed by atoms with van der Waals surface area (Å²) < 4.78 is 27.3. The maximum Gasteiger partial charge on any atom is 0.305 e. The van der Waals surface area contributed by atoms with Crippen molar-refractivity contribution in [2.45, 2.75) is 204 Å². The summed E-state index contributed by atoms with van der Waals surface area (Å²) in [5.41, 5.74) is 0. The van der Waals surface area contributed by atoms with Crippen LogP contribution in [0.25, 0.3) is 0 Å². The molecule has 2 saturated heterocycles. The van der Waals surface area contributed by atoms with Crippen LogP contribution in [0.5, 0.6) is 0 Å². The number of ether oxygens (including phenoxy) is 5. The van der Waals surface area contributed by atoms with Crippen LogP contribution in [-0.4, -0.2) is 117 Å². The summed E-state index contributed by atoms with van der Waals surface area (Å²) >= 11 is 0. The van der Waals surface area contributed by atoms with Gasteiger partial charge in [-0.25, -0.2) is 0 Å². The number of hydrogen-bond donors (Lipinski definition) is 6. The Hall–Kier alpha value is -1.42. The average molecular weight is 707 g/mol. The first-order chi connectivity index (χ1) is 23.6. The number of carbonyl (C=O) groups excluding carboxylic acids is 2. The minimum atomic E-state index is -1.80. The molecule has 288 valence electrons. The van der Waals surface area contributed by atoms with E-state index in [0.29, 0.717) is 12.8 Å². The van der Waals surface area contributed by atoms with Gasteiger partial charge in [-0.15, -0.1) is 0 Å². The molecule has 2 rings (SSSR count). The molecule has 0 aromatic rings. The van der Waals surface area contributed by atoms with E-state index >= 15 is 0 Å². The summed E-state index contributed by atoms with van der Waals surface area (Å²) in [6, 6.07) is 0. The highest BCUT2D eigenvalue weighted by atomic mass is 16.8. The van der Waals surface area contributed by atoms with E-state index in [9.17, 15) is 40.2 Å². The third-order valence-electron chi connectivity index (χ3n) is 9.39. The zero-order valence-electron chi connectivity index (χ0n) is 29.9. The van der Waals surface area contributed by atoms with Crippen molar-refractivity contribution in [1.29, 1.82) is 0 Å². The molecular weight excluding hydrogens is 640 g/mol. The highest BCUT2D eigenvalue weighted by molar-refractivity contribution is 5.69. The van der Waals surface area contributed by atoms with Crippen molar-refractivity contribution in [1.82, 2.24) is 0 Å². The maximum atomic E-state index is 12.3. The summed E-state index contributed by atoms with van der Waals surface area (Å²) in [4.78, 5) is 24.6. The number of unbranched alkanes of at least 4 members (excludes halogenated alkanes) is 16. The van der Waals surface area contributed by atoms with Gasteiger partial charge in [0.2, 0.25) is 0 Å². The number of aliphatic hydroxyl groups is 6. The lowest BCUT2D eigenvalue weighted by atomic mass is 9.98. The Morgan fingerprint density at radius 2 is 0.755 bits per heavy atom. The monoisotopic (exact) mass is 706 g/mol.